The van der Waals surface area contributed by atoms with E-state index in [-0.39, 0.29) is 17.4 Å². The first-order chi connectivity index (χ1) is 15.5. The number of ether oxygens (including phenoxy) is 1. The average molecular weight is 433 g/mol. The summed E-state index contributed by atoms with van der Waals surface area (Å²) in [6.07, 6.45) is 7.71. The second-order valence-electron chi connectivity index (χ2n) is 10.2. The zero-order valence-electron chi connectivity index (χ0n) is 19.2. The molecule has 2 aromatic rings. The minimum absolute atomic E-state index is 0.00807. The van der Waals surface area contributed by atoms with Crippen LogP contribution >= 0.6 is 0 Å². The number of benzene rings is 2. The molecular weight excluding hydrogens is 398 g/mol. The third-order valence-electron chi connectivity index (χ3n) is 7.32. The predicted molar refractivity (Wildman–Crippen MR) is 126 cm³/mol. The molecule has 0 heterocycles. The van der Waals surface area contributed by atoms with Gasteiger partial charge in [-0.2, -0.15) is 0 Å². The Hall–Kier alpha value is -2.62. The summed E-state index contributed by atoms with van der Waals surface area (Å²) in [7, 11) is 0. The minimum Gasteiger partial charge on any atom is -0.493 e. The molecular formula is C28H34NO3+. The van der Waals surface area contributed by atoms with E-state index in [4.69, 9.17) is 9.16 Å². The number of carbonyl (C=O) groups is 1. The molecule has 0 bridgehead atoms. The van der Waals surface area contributed by atoms with Gasteiger partial charge in [0.25, 0.3) is 0 Å². The highest BCUT2D eigenvalue weighted by atomic mass is 16.5. The zero-order chi connectivity index (χ0) is 22.1. The molecule has 168 valence electrons. The lowest BCUT2D eigenvalue weighted by atomic mass is 9.98. The molecule has 3 aliphatic rings. The molecule has 2 atom stereocenters. The van der Waals surface area contributed by atoms with E-state index < -0.39 is 0 Å². The number of carbonyl (C=O) groups excluding carboxylic acids is 2. The molecule has 32 heavy (non-hydrogen) atoms. The van der Waals surface area contributed by atoms with Crippen molar-refractivity contribution >= 4 is 11.7 Å². The topological polar surface area (TPSA) is 49.6 Å². The number of ketones is 1. The van der Waals surface area contributed by atoms with Gasteiger partial charge >= 0.3 is 11.5 Å². The van der Waals surface area contributed by atoms with Crippen LogP contribution in [-0.2, 0) is 9.22 Å². The SMILES string of the molecule is CC(NC(=O)C1(C)CC1)c1ccc([O+]=C2CCC(c3ccc(OCC4CC4)cc3)C2)cc1. The fourth-order valence-electron chi connectivity index (χ4n) is 4.39. The highest BCUT2D eigenvalue weighted by Crippen LogP contribution is 2.45. The second-order valence-corrected chi connectivity index (χ2v) is 10.2. The fourth-order valence-corrected chi connectivity index (χ4v) is 4.39. The van der Waals surface area contributed by atoms with Crippen LogP contribution in [0.1, 0.15) is 81.9 Å². The highest BCUT2D eigenvalue weighted by molar-refractivity contribution is 5.85. The van der Waals surface area contributed by atoms with Gasteiger partial charge in [-0.05, 0) is 86.3 Å². The lowest BCUT2D eigenvalue weighted by molar-refractivity contribution is -0.368. The standard InChI is InChI=1S/C28H33NO3/c1-19(29-27(30)28(2)15-16-28)21-5-12-25(13-6-21)32-26-14-9-23(17-26)22-7-10-24(11-8-22)31-18-20-3-4-20/h5-8,10-13,19-20,23H,3-4,9,14-18H2,1-2H3/p+1. The molecule has 2 aromatic carbocycles. The molecule has 4 nitrogen and oxygen atoms in total. The van der Waals surface area contributed by atoms with E-state index in [9.17, 15) is 4.79 Å². The van der Waals surface area contributed by atoms with Gasteiger partial charge in [-0.1, -0.05) is 19.1 Å². The third-order valence-corrected chi connectivity index (χ3v) is 7.32. The second kappa shape index (κ2) is 8.73. The summed E-state index contributed by atoms with van der Waals surface area (Å²) in [5.74, 6) is 4.47. The fraction of sp³-hybridized carbons (Fsp3) is 0.500. The number of hydrogen-bond acceptors (Lipinski definition) is 2. The lowest BCUT2D eigenvalue weighted by Crippen LogP contribution is -2.32. The lowest BCUT2D eigenvalue weighted by Gasteiger charge is -2.16. The number of nitrogens with one attached hydrogen (secondary N) is 1. The quantitative estimate of drug-likeness (QED) is 0.502. The van der Waals surface area contributed by atoms with Gasteiger partial charge in [-0.3, -0.25) is 4.79 Å². The van der Waals surface area contributed by atoms with Crippen LogP contribution in [-0.4, -0.2) is 18.3 Å². The van der Waals surface area contributed by atoms with Crippen LogP contribution in [0.5, 0.6) is 11.5 Å². The van der Waals surface area contributed by atoms with Gasteiger partial charge in [0.2, 0.25) is 5.91 Å². The summed E-state index contributed by atoms with van der Waals surface area (Å²) in [6, 6.07) is 16.8. The Balaban J connectivity index is 1.15. The first kappa shape index (κ1) is 21.2. The molecule has 3 aliphatic carbocycles. The average Bonchev–Trinajstić information content (AvgIpc) is 3.73. The Bertz CT molecular complexity index is 984. The molecule has 4 heteroatoms. The molecule has 0 spiro atoms. The molecule has 3 saturated carbocycles. The van der Waals surface area contributed by atoms with Crippen LogP contribution in [0.4, 0.5) is 0 Å². The summed E-state index contributed by atoms with van der Waals surface area (Å²) in [4.78, 5) is 12.3. The van der Waals surface area contributed by atoms with Gasteiger partial charge in [-0.15, -0.1) is 0 Å². The summed E-state index contributed by atoms with van der Waals surface area (Å²) >= 11 is 0. The molecule has 1 N–H and O–H groups in total. The molecule has 0 aliphatic heterocycles. The molecule has 2 unspecified atom stereocenters. The summed E-state index contributed by atoms with van der Waals surface area (Å²) in [5, 5.41) is 3.14. The molecule has 0 saturated heterocycles. The van der Waals surface area contributed by atoms with Crippen LogP contribution in [0, 0.1) is 11.3 Å². The van der Waals surface area contributed by atoms with Crippen LogP contribution in [0.15, 0.2) is 48.5 Å². The third kappa shape index (κ3) is 5.06. The van der Waals surface area contributed by atoms with Gasteiger partial charge in [0.15, 0.2) is 0 Å². The van der Waals surface area contributed by atoms with E-state index in [1.807, 2.05) is 26.0 Å². The first-order valence-corrected chi connectivity index (χ1v) is 12.1. The molecule has 0 aromatic heterocycles. The van der Waals surface area contributed by atoms with Crippen molar-refractivity contribution in [1.82, 2.24) is 5.32 Å². The number of rotatable bonds is 8. The number of hydrogen-bond donors (Lipinski definition) is 1. The molecule has 1 amide bonds. The van der Waals surface area contributed by atoms with Crippen molar-refractivity contribution in [3.8, 4) is 11.5 Å². The largest absolute Gasteiger partial charge is 0.493 e. The maximum absolute atomic E-state index is 12.3. The van der Waals surface area contributed by atoms with E-state index >= 15 is 0 Å². The highest BCUT2D eigenvalue weighted by Gasteiger charge is 2.45. The van der Waals surface area contributed by atoms with Crippen molar-refractivity contribution < 1.29 is 14.0 Å². The molecule has 3 fully saturated rings. The van der Waals surface area contributed by atoms with E-state index in [1.165, 1.54) is 18.4 Å². The van der Waals surface area contributed by atoms with Gasteiger partial charge in [0.05, 0.1) is 25.5 Å². The first-order valence-electron chi connectivity index (χ1n) is 12.1. The van der Waals surface area contributed by atoms with E-state index in [2.05, 4.69) is 41.7 Å². The molecule has 5 rings (SSSR count). The van der Waals surface area contributed by atoms with Gasteiger partial charge in [0, 0.05) is 17.5 Å². The maximum atomic E-state index is 12.3. The van der Waals surface area contributed by atoms with Crippen molar-refractivity contribution in [2.24, 2.45) is 11.3 Å². The summed E-state index contributed by atoms with van der Waals surface area (Å²) in [5.41, 5.74) is 2.33. The van der Waals surface area contributed by atoms with Gasteiger partial charge in [-0.25, -0.2) is 4.42 Å². The molecule has 0 radical (unpaired) electrons. The van der Waals surface area contributed by atoms with E-state index in [1.54, 1.807) is 0 Å². The van der Waals surface area contributed by atoms with Gasteiger partial charge < -0.3 is 10.1 Å². The summed E-state index contributed by atoms with van der Waals surface area (Å²) in [6.45, 7) is 4.94. The Kier molecular flexibility index (Phi) is 5.79. The number of amides is 1. The van der Waals surface area contributed by atoms with Crippen molar-refractivity contribution in [3.05, 3.63) is 59.7 Å². The zero-order valence-corrected chi connectivity index (χ0v) is 19.2. The Morgan fingerprint density at radius 3 is 2.47 bits per heavy atom. The Morgan fingerprint density at radius 2 is 1.81 bits per heavy atom. The van der Waals surface area contributed by atoms with Crippen molar-refractivity contribution in [2.45, 2.75) is 70.8 Å². The van der Waals surface area contributed by atoms with Crippen molar-refractivity contribution in [1.29, 1.82) is 0 Å². The summed E-state index contributed by atoms with van der Waals surface area (Å²) < 4.78 is 12.1. The van der Waals surface area contributed by atoms with E-state index in [0.717, 1.165) is 67.5 Å². The van der Waals surface area contributed by atoms with Crippen LogP contribution in [0.25, 0.3) is 0 Å². The van der Waals surface area contributed by atoms with Crippen molar-refractivity contribution in [3.63, 3.8) is 0 Å². The van der Waals surface area contributed by atoms with Crippen LogP contribution in [0.2, 0.25) is 0 Å². The smallest absolute Gasteiger partial charge is 0.352 e. The Labute approximate surface area is 191 Å². The monoisotopic (exact) mass is 432 g/mol. The predicted octanol–water partition coefficient (Wildman–Crippen LogP) is 6.24. The van der Waals surface area contributed by atoms with Crippen molar-refractivity contribution in [2.75, 3.05) is 6.61 Å². The van der Waals surface area contributed by atoms with E-state index in [0.29, 0.717) is 5.92 Å². The Morgan fingerprint density at radius 1 is 1.09 bits per heavy atom. The van der Waals surface area contributed by atoms with Crippen LogP contribution in [0.3, 0.4) is 0 Å². The maximum Gasteiger partial charge on any atom is 0.352 e. The van der Waals surface area contributed by atoms with Crippen LogP contribution < -0.4 is 10.1 Å². The normalized spacial score (nSPS) is 23.7. The van der Waals surface area contributed by atoms with Gasteiger partial charge in [0.1, 0.15) is 5.75 Å². The minimum atomic E-state index is -0.142.